The second-order valence-corrected chi connectivity index (χ2v) is 2.83. The molecule has 0 aromatic carbocycles. The van der Waals surface area contributed by atoms with Crippen LogP contribution < -0.4 is 5.32 Å². The van der Waals surface area contributed by atoms with Crippen molar-refractivity contribution in [2.45, 2.75) is 26.2 Å². The molecule has 0 saturated carbocycles. The van der Waals surface area contributed by atoms with Gasteiger partial charge in [0.15, 0.2) is 0 Å². The van der Waals surface area contributed by atoms with E-state index in [4.69, 9.17) is 0 Å². The van der Waals surface area contributed by atoms with E-state index in [1.807, 2.05) is 12.4 Å². The van der Waals surface area contributed by atoms with E-state index >= 15 is 0 Å². The van der Waals surface area contributed by atoms with Crippen LogP contribution in [0, 0.1) is 0 Å². The number of nitrogens with one attached hydrogen (secondary N) is 1. The molecule has 1 aliphatic rings. The molecule has 0 spiro atoms. The van der Waals surface area contributed by atoms with Crippen LogP contribution in [0.5, 0.6) is 0 Å². The van der Waals surface area contributed by atoms with Gasteiger partial charge in [0.1, 0.15) is 0 Å². The lowest BCUT2D eigenvalue weighted by molar-refractivity contribution is 0.509. The fourth-order valence-corrected chi connectivity index (χ4v) is 1.10. The first-order valence-corrected chi connectivity index (χ1v) is 4.19. The zero-order chi connectivity index (χ0) is 8.10. The number of hydrogen-bond donors (Lipinski definition) is 1. The lowest BCUT2D eigenvalue weighted by Gasteiger charge is -2.21. The number of hydrogen-bond acceptors (Lipinski definition) is 2. The Morgan fingerprint density at radius 2 is 2.36 bits per heavy atom. The van der Waals surface area contributed by atoms with Gasteiger partial charge in [0.25, 0.3) is 0 Å². The molecular weight excluding hydrogens is 136 g/mol. The molecular formula is C9H16N2. The van der Waals surface area contributed by atoms with Crippen LogP contribution >= 0.6 is 0 Å². The molecule has 62 valence electrons. The monoisotopic (exact) mass is 152 g/mol. The van der Waals surface area contributed by atoms with Gasteiger partial charge in [-0.05, 0) is 12.8 Å². The molecule has 0 fully saturated rings. The Morgan fingerprint density at radius 3 is 3.00 bits per heavy atom. The maximum absolute atomic E-state index is 3.09. The van der Waals surface area contributed by atoms with E-state index in [1.165, 1.54) is 25.0 Å². The zero-order valence-electron chi connectivity index (χ0n) is 7.30. The van der Waals surface area contributed by atoms with E-state index in [9.17, 15) is 0 Å². The van der Waals surface area contributed by atoms with Gasteiger partial charge >= 0.3 is 0 Å². The fourth-order valence-electron chi connectivity index (χ4n) is 1.10. The predicted molar refractivity (Wildman–Crippen MR) is 47.6 cm³/mol. The van der Waals surface area contributed by atoms with Crippen LogP contribution in [0.1, 0.15) is 26.2 Å². The lowest BCUT2D eigenvalue weighted by atomic mass is 10.2. The van der Waals surface area contributed by atoms with Gasteiger partial charge < -0.3 is 10.2 Å². The third-order valence-electron chi connectivity index (χ3n) is 1.88. The van der Waals surface area contributed by atoms with E-state index in [0.717, 1.165) is 0 Å². The van der Waals surface area contributed by atoms with E-state index in [-0.39, 0.29) is 0 Å². The highest BCUT2D eigenvalue weighted by molar-refractivity contribution is 5.09. The summed E-state index contributed by atoms with van der Waals surface area (Å²) in [5.74, 6) is 0. The van der Waals surface area contributed by atoms with Crippen molar-refractivity contribution in [2.24, 2.45) is 0 Å². The molecule has 0 amide bonds. The fraction of sp³-hybridized carbons (Fsp3) is 0.556. The van der Waals surface area contributed by atoms with Crippen molar-refractivity contribution in [2.75, 3.05) is 7.05 Å². The maximum Gasteiger partial charge on any atom is 0.0333 e. The van der Waals surface area contributed by atoms with Gasteiger partial charge in [0.05, 0.1) is 0 Å². The minimum Gasteiger partial charge on any atom is -0.365 e. The molecule has 1 N–H and O–H groups in total. The zero-order valence-corrected chi connectivity index (χ0v) is 7.30. The summed E-state index contributed by atoms with van der Waals surface area (Å²) in [4.78, 5) is 2.16. The maximum atomic E-state index is 3.09. The summed E-state index contributed by atoms with van der Waals surface area (Å²) >= 11 is 0. The van der Waals surface area contributed by atoms with Crippen LogP contribution in [0.25, 0.3) is 0 Å². The highest BCUT2D eigenvalue weighted by Gasteiger charge is 2.02. The number of unbranched alkanes of at least 4 members (excludes halogenated alkanes) is 1. The van der Waals surface area contributed by atoms with E-state index in [0.29, 0.717) is 0 Å². The van der Waals surface area contributed by atoms with Gasteiger partial charge in [-0.2, -0.15) is 0 Å². The van der Waals surface area contributed by atoms with E-state index in [2.05, 4.69) is 30.4 Å². The molecule has 0 unspecified atom stereocenters. The van der Waals surface area contributed by atoms with E-state index in [1.54, 1.807) is 0 Å². The van der Waals surface area contributed by atoms with Gasteiger partial charge in [-0.15, -0.1) is 0 Å². The Kier molecular flexibility index (Phi) is 3.02. The van der Waals surface area contributed by atoms with Crippen molar-refractivity contribution in [3.63, 3.8) is 0 Å². The minimum atomic E-state index is 1.17. The lowest BCUT2D eigenvalue weighted by Crippen LogP contribution is -2.17. The number of allylic oxidation sites excluding steroid dienone is 1. The molecule has 0 aromatic heterocycles. The second-order valence-electron chi connectivity index (χ2n) is 2.83. The van der Waals surface area contributed by atoms with Gasteiger partial charge in [-0.1, -0.05) is 13.3 Å². The van der Waals surface area contributed by atoms with Crippen molar-refractivity contribution in [3.8, 4) is 0 Å². The van der Waals surface area contributed by atoms with Crippen LogP contribution in [-0.2, 0) is 0 Å². The summed E-state index contributed by atoms with van der Waals surface area (Å²) in [6.45, 7) is 2.21. The quantitative estimate of drug-likeness (QED) is 0.665. The highest BCUT2D eigenvalue weighted by atomic mass is 15.1. The van der Waals surface area contributed by atoms with Gasteiger partial charge in [0, 0.05) is 31.3 Å². The summed E-state index contributed by atoms with van der Waals surface area (Å²) in [6.07, 6.45) is 9.75. The van der Waals surface area contributed by atoms with Crippen LogP contribution in [0.4, 0.5) is 0 Å². The average molecular weight is 152 g/mol. The minimum absolute atomic E-state index is 1.17. The first kappa shape index (κ1) is 8.18. The Labute approximate surface area is 68.6 Å². The summed E-state index contributed by atoms with van der Waals surface area (Å²) < 4.78 is 0. The topological polar surface area (TPSA) is 15.3 Å². The first-order valence-electron chi connectivity index (χ1n) is 4.19. The molecule has 2 nitrogen and oxygen atoms in total. The van der Waals surface area contributed by atoms with Crippen LogP contribution in [0.3, 0.4) is 0 Å². The molecule has 1 heterocycles. The Hall–Kier alpha value is -0.920. The predicted octanol–water partition coefficient (Wildman–Crippen LogP) is 2.02. The smallest absolute Gasteiger partial charge is 0.0333 e. The molecule has 1 rings (SSSR count). The normalized spacial score (nSPS) is 16.2. The second kappa shape index (κ2) is 4.06. The number of nitrogens with zero attached hydrogens (tertiary/aromatic N) is 1. The van der Waals surface area contributed by atoms with Crippen molar-refractivity contribution in [3.05, 3.63) is 24.3 Å². The molecule has 1 aliphatic heterocycles. The summed E-state index contributed by atoms with van der Waals surface area (Å²) in [6, 6.07) is 0. The van der Waals surface area contributed by atoms with Gasteiger partial charge in [-0.3, -0.25) is 0 Å². The van der Waals surface area contributed by atoms with Crippen molar-refractivity contribution in [1.29, 1.82) is 0 Å². The molecule has 0 aliphatic carbocycles. The Balaban J connectivity index is 2.37. The van der Waals surface area contributed by atoms with Crippen LogP contribution in [0.15, 0.2) is 24.3 Å². The molecule has 0 atom stereocenters. The Morgan fingerprint density at radius 1 is 1.55 bits per heavy atom. The largest absolute Gasteiger partial charge is 0.365 e. The van der Waals surface area contributed by atoms with Crippen molar-refractivity contribution >= 4 is 0 Å². The summed E-state index contributed by atoms with van der Waals surface area (Å²) in [7, 11) is 2.08. The highest BCUT2D eigenvalue weighted by Crippen LogP contribution is 2.12. The molecule has 0 saturated heterocycles. The van der Waals surface area contributed by atoms with Crippen molar-refractivity contribution < 1.29 is 0 Å². The van der Waals surface area contributed by atoms with Crippen LogP contribution in [-0.4, -0.2) is 11.9 Å². The molecule has 0 radical (unpaired) electrons. The van der Waals surface area contributed by atoms with E-state index < -0.39 is 0 Å². The van der Waals surface area contributed by atoms with Gasteiger partial charge in [0.2, 0.25) is 0 Å². The molecule has 0 aromatic rings. The van der Waals surface area contributed by atoms with Gasteiger partial charge in [-0.25, -0.2) is 0 Å². The molecule has 2 heteroatoms. The molecule has 0 bridgehead atoms. The van der Waals surface area contributed by atoms with Crippen LogP contribution in [0.2, 0.25) is 0 Å². The summed E-state index contributed by atoms with van der Waals surface area (Å²) in [5, 5.41) is 3.09. The standard InChI is InChI=1S/C9H16N2/c1-3-4-5-9-8-10-6-7-11(9)2/h6-8,10H,3-5H2,1-2H3. The summed E-state index contributed by atoms with van der Waals surface area (Å²) in [5.41, 5.74) is 1.37. The van der Waals surface area contributed by atoms with Crippen molar-refractivity contribution in [1.82, 2.24) is 10.2 Å². The SMILES string of the molecule is CCCCC1=CNC=CN1C. The third-order valence-corrected chi connectivity index (χ3v) is 1.88. The first-order chi connectivity index (χ1) is 5.34. The average Bonchev–Trinajstić information content (AvgIpc) is 2.03. The third kappa shape index (κ3) is 2.30. The molecule has 11 heavy (non-hydrogen) atoms. The number of rotatable bonds is 3. The Bertz CT molecular complexity index is 170.